The second kappa shape index (κ2) is 7.08. The van der Waals surface area contributed by atoms with Crippen molar-refractivity contribution >= 4 is 6.01 Å². The fraction of sp³-hybridized carbons (Fsp3) is 0.467. The van der Waals surface area contributed by atoms with Crippen molar-refractivity contribution in [2.75, 3.05) is 32.1 Å². The second-order valence-corrected chi connectivity index (χ2v) is 5.05. The standard InChI is InChI=1S/C15H22N4O2/c1-11-5-6-13(12(2)9-11)20-8-7-19(4)15-18-17-14(21-15)10-16-3/h5-6,9,16H,7-8,10H2,1-4H3. The Morgan fingerprint density at radius 2 is 2.10 bits per heavy atom. The zero-order valence-corrected chi connectivity index (χ0v) is 13.0. The lowest BCUT2D eigenvalue weighted by molar-refractivity contribution is 0.320. The number of aromatic nitrogens is 2. The van der Waals surface area contributed by atoms with Gasteiger partial charge in [0.15, 0.2) is 0 Å². The minimum absolute atomic E-state index is 0.504. The summed E-state index contributed by atoms with van der Waals surface area (Å²) in [5, 5.41) is 10.9. The number of anilines is 1. The Morgan fingerprint density at radius 1 is 1.29 bits per heavy atom. The van der Waals surface area contributed by atoms with Crippen LogP contribution in [0.2, 0.25) is 0 Å². The molecule has 2 rings (SSSR count). The maximum absolute atomic E-state index is 5.79. The Bertz CT molecular complexity index is 583. The van der Waals surface area contributed by atoms with Crippen LogP contribution in [-0.2, 0) is 6.54 Å². The summed E-state index contributed by atoms with van der Waals surface area (Å²) in [5.41, 5.74) is 2.38. The number of hydrogen-bond acceptors (Lipinski definition) is 6. The van der Waals surface area contributed by atoms with Gasteiger partial charge in [-0.25, -0.2) is 0 Å². The van der Waals surface area contributed by atoms with Crippen molar-refractivity contribution in [3.8, 4) is 5.75 Å². The summed E-state index contributed by atoms with van der Waals surface area (Å²) in [7, 11) is 3.74. The lowest BCUT2D eigenvalue weighted by Gasteiger charge is -2.15. The van der Waals surface area contributed by atoms with E-state index in [4.69, 9.17) is 9.15 Å². The average Bonchev–Trinajstić information content (AvgIpc) is 2.90. The SMILES string of the molecule is CNCc1nnc(N(C)CCOc2ccc(C)cc2C)o1. The van der Waals surface area contributed by atoms with Crippen LogP contribution >= 0.6 is 0 Å². The molecule has 0 spiro atoms. The van der Waals surface area contributed by atoms with Gasteiger partial charge in [0.2, 0.25) is 5.89 Å². The number of rotatable bonds is 7. The highest BCUT2D eigenvalue weighted by atomic mass is 16.5. The number of ether oxygens (including phenoxy) is 1. The molecule has 21 heavy (non-hydrogen) atoms. The third kappa shape index (κ3) is 4.19. The first-order chi connectivity index (χ1) is 10.1. The summed E-state index contributed by atoms with van der Waals surface area (Å²) >= 11 is 0. The smallest absolute Gasteiger partial charge is 0.318 e. The van der Waals surface area contributed by atoms with Crippen LogP contribution in [0.3, 0.4) is 0 Å². The molecule has 0 amide bonds. The molecule has 6 nitrogen and oxygen atoms in total. The van der Waals surface area contributed by atoms with Crippen molar-refractivity contribution in [2.24, 2.45) is 0 Å². The topological polar surface area (TPSA) is 63.4 Å². The van der Waals surface area contributed by atoms with Crippen molar-refractivity contribution in [1.82, 2.24) is 15.5 Å². The Kier molecular flexibility index (Phi) is 5.16. The van der Waals surface area contributed by atoms with Crippen LogP contribution in [0.5, 0.6) is 5.75 Å². The summed E-state index contributed by atoms with van der Waals surface area (Å²) in [4.78, 5) is 1.88. The van der Waals surface area contributed by atoms with E-state index in [0.29, 0.717) is 31.6 Å². The molecule has 6 heteroatoms. The summed E-state index contributed by atoms with van der Waals surface area (Å²) < 4.78 is 11.3. The van der Waals surface area contributed by atoms with Gasteiger partial charge in [0.1, 0.15) is 12.4 Å². The van der Waals surface area contributed by atoms with E-state index in [-0.39, 0.29) is 0 Å². The number of nitrogens with one attached hydrogen (secondary N) is 1. The van der Waals surface area contributed by atoms with Gasteiger partial charge in [-0.2, -0.15) is 0 Å². The lowest BCUT2D eigenvalue weighted by Crippen LogP contribution is -2.24. The average molecular weight is 290 g/mol. The molecule has 0 saturated heterocycles. The van der Waals surface area contributed by atoms with Crippen molar-refractivity contribution in [3.05, 3.63) is 35.2 Å². The molecule has 114 valence electrons. The predicted molar refractivity (Wildman–Crippen MR) is 81.7 cm³/mol. The molecule has 0 aliphatic carbocycles. The van der Waals surface area contributed by atoms with Crippen molar-refractivity contribution in [1.29, 1.82) is 0 Å². The highest BCUT2D eigenvalue weighted by molar-refractivity contribution is 5.35. The first kappa shape index (κ1) is 15.3. The fourth-order valence-corrected chi connectivity index (χ4v) is 1.97. The minimum atomic E-state index is 0.504. The maximum atomic E-state index is 5.79. The third-order valence-electron chi connectivity index (χ3n) is 3.13. The number of aryl methyl sites for hydroxylation is 2. The van der Waals surface area contributed by atoms with Crippen molar-refractivity contribution in [2.45, 2.75) is 20.4 Å². The Labute approximate surface area is 125 Å². The molecule has 0 radical (unpaired) electrons. The molecular weight excluding hydrogens is 268 g/mol. The summed E-state index contributed by atoms with van der Waals surface area (Å²) in [5.74, 6) is 1.49. The summed E-state index contributed by atoms with van der Waals surface area (Å²) in [6, 6.07) is 6.67. The molecule has 0 aliphatic heterocycles. The van der Waals surface area contributed by atoms with Crippen LogP contribution < -0.4 is 15.0 Å². The van der Waals surface area contributed by atoms with Gasteiger partial charge in [-0.15, -0.1) is 5.10 Å². The molecule has 1 N–H and O–H groups in total. The van der Waals surface area contributed by atoms with Gasteiger partial charge in [-0.3, -0.25) is 0 Å². The van der Waals surface area contributed by atoms with E-state index >= 15 is 0 Å². The van der Waals surface area contributed by atoms with Crippen LogP contribution in [0.1, 0.15) is 17.0 Å². The van der Waals surface area contributed by atoms with Gasteiger partial charge in [-0.1, -0.05) is 22.8 Å². The van der Waals surface area contributed by atoms with Gasteiger partial charge in [0, 0.05) is 7.05 Å². The van der Waals surface area contributed by atoms with Crippen molar-refractivity contribution in [3.63, 3.8) is 0 Å². The second-order valence-electron chi connectivity index (χ2n) is 5.05. The van der Waals surface area contributed by atoms with Gasteiger partial charge < -0.3 is 19.4 Å². The molecule has 2 aromatic rings. The lowest BCUT2D eigenvalue weighted by atomic mass is 10.1. The van der Waals surface area contributed by atoms with Crippen LogP contribution in [-0.4, -0.2) is 37.4 Å². The molecule has 1 heterocycles. The quantitative estimate of drug-likeness (QED) is 0.840. The van der Waals surface area contributed by atoms with E-state index in [1.807, 2.05) is 38.1 Å². The van der Waals surface area contributed by atoms with E-state index in [0.717, 1.165) is 11.3 Å². The Morgan fingerprint density at radius 3 is 2.81 bits per heavy atom. The zero-order valence-electron chi connectivity index (χ0n) is 13.0. The zero-order chi connectivity index (χ0) is 15.2. The number of hydrogen-bond donors (Lipinski definition) is 1. The molecule has 0 aliphatic rings. The van der Waals surface area contributed by atoms with Crippen LogP contribution in [0.25, 0.3) is 0 Å². The molecule has 0 fully saturated rings. The first-order valence-corrected chi connectivity index (χ1v) is 6.98. The number of nitrogens with zero attached hydrogens (tertiary/aromatic N) is 3. The van der Waals surface area contributed by atoms with Crippen molar-refractivity contribution < 1.29 is 9.15 Å². The number of benzene rings is 1. The largest absolute Gasteiger partial charge is 0.491 e. The summed E-state index contributed by atoms with van der Waals surface area (Å²) in [6.07, 6.45) is 0. The Balaban J connectivity index is 1.84. The molecule has 1 aromatic carbocycles. The Hall–Kier alpha value is -2.08. The minimum Gasteiger partial charge on any atom is -0.491 e. The first-order valence-electron chi connectivity index (χ1n) is 6.98. The molecule has 0 saturated carbocycles. The fourth-order valence-electron chi connectivity index (χ4n) is 1.97. The van der Waals surface area contributed by atoms with E-state index in [2.05, 4.69) is 28.5 Å². The van der Waals surface area contributed by atoms with E-state index in [1.165, 1.54) is 5.56 Å². The highest BCUT2D eigenvalue weighted by Gasteiger charge is 2.10. The molecule has 0 atom stereocenters. The van der Waals surface area contributed by atoms with Gasteiger partial charge in [-0.05, 0) is 32.5 Å². The molecule has 0 unspecified atom stereocenters. The normalized spacial score (nSPS) is 10.7. The van der Waals surface area contributed by atoms with Crippen LogP contribution in [0.15, 0.2) is 22.6 Å². The molecular formula is C15H22N4O2. The summed E-state index contributed by atoms with van der Waals surface area (Å²) in [6.45, 7) is 5.93. The monoisotopic (exact) mass is 290 g/mol. The van der Waals surface area contributed by atoms with Gasteiger partial charge in [0.25, 0.3) is 0 Å². The van der Waals surface area contributed by atoms with E-state index in [1.54, 1.807) is 0 Å². The maximum Gasteiger partial charge on any atom is 0.318 e. The predicted octanol–water partition coefficient (Wildman–Crippen LogP) is 1.92. The molecule has 0 bridgehead atoms. The molecule has 1 aromatic heterocycles. The van der Waals surface area contributed by atoms with Crippen LogP contribution in [0.4, 0.5) is 6.01 Å². The number of likely N-dealkylation sites (N-methyl/N-ethyl adjacent to an activating group) is 1. The highest BCUT2D eigenvalue weighted by Crippen LogP contribution is 2.18. The van der Waals surface area contributed by atoms with Gasteiger partial charge in [0.05, 0.1) is 13.1 Å². The third-order valence-corrected chi connectivity index (χ3v) is 3.13. The van der Waals surface area contributed by atoms with Crippen LogP contribution in [0, 0.1) is 13.8 Å². The van der Waals surface area contributed by atoms with Gasteiger partial charge >= 0.3 is 6.01 Å². The van der Waals surface area contributed by atoms with E-state index in [9.17, 15) is 0 Å². The van der Waals surface area contributed by atoms with E-state index < -0.39 is 0 Å².